The van der Waals surface area contributed by atoms with Gasteiger partial charge in [-0.2, -0.15) is 0 Å². The molecule has 0 unspecified atom stereocenters. The van der Waals surface area contributed by atoms with E-state index in [1.165, 1.54) is 0 Å². The molecule has 2 aromatic rings. The number of rotatable bonds is 2. The Morgan fingerprint density at radius 3 is 2.79 bits per heavy atom. The molecule has 0 radical (unpaired) electrons. The maximum absolute atomic E-state index is 10.6. The first kappa shape index (κ1) is 9.97. The van der Waals surface area contributed by atoms with Crippen LogP contribution in [0.2, 0.25) is 5.02 Å². The van der Waals surface area contributed by atoms with Crippen molar-refractivity contribution in [3.8, 4) is 0 Å². The van der Waals surface area contributed by atoms with E-state index in [1.54, 1.807) is 23.5 Å². The molecule has 0 N–H and O–H groups in total. The molecule has 4 heteroatoms. The van der Waals surface area contributed by atoms with E-state index >= 15 is 0 Å². The van der Waals surface area contributed by atoms with Gasteiger partial charge in [-0.05, 0) is 23.6 Å². The third kappa shape index (κ3) is 1.65. The zero-order valence-corrected chi connectivity index (χ0v) is 9.42. The quantitative estimate of drug-likeness (QED) is 0.574. The maximum atomic E-state index is 10.6. The molecule has 1 heterocycles. The molecule has 1 nitrogen and oxygen atoms in total. The van der Waals surface area contributed by atoms with Crippen LogP contribution >= 0.6 is 34.5 Å². The molecule has 2 rings (SSSR count). The lowest BCUT2D eigenvalue weighted by molar-refractivity contribution is 0.112. The van der Waals surface area contributed by atoms with Crippen LogP contribution in [-0.4, -0.2) is 6.29 Å². The van der Waals surface area contributed by atoms with Gasteiger partial charge in [-0.15, -0.1) is 22.9 Å². The number of halogens is 2. The predicted molar refractivity (Wildman–Crippen MR) is 61.8 cm³/mol. The first-order valence-electron chi connectivity index (χ1n) is 3.97. The summed E-state index contributed by atoms with van der Waals surface area (Å²) in [6.07, 6.45) is 0.764. The monoisotopic (exact) mass is 244 g/mol. The summed E-state index contributed by atoms with van der Waals surface area (Å²) in [4.78, 5) is 11.7. The van der Waals surface area contributed by atoms with Crippen LogP contribution in [-0.2, 0) is 5.88 Å². The van der Waals surface area contributed by atoms with Crippen molar-refractivity contribution in [2.45, 2.75) is 5.88 Å². The number of fused-ring (bicyclic) bond motifs is 1. The van der Waals surface area contributed by atoms with E-state index in [0.29, 0.717) is 16.5 Å². The molecular weight excluding hydrogens is 239 g/mol. The molecule has 0 bridgehead atoms. The van der Waals surface area contributed by atoms with Gasteiger partial charge in [0.15, 0.2) is 6.29 Å². The second-order valence-corrected chi connectivity index (χ2v) is 4.72. The second-order valence-electron chi connectivity index (χ2n) is 2.88. The van der Waals surface area contributed by atoms with Crippen LogP contribution in [0.15, 0.2) is 18.2 Å². The van der Waals surface area contributed by atoms with Crippen LogP contribution in [0, 0.1) is 0 Å². The average molecular weight is 245 g/mol. The van der Waals surface area contributed by atoms with Gasteiger partial charge in [0.25, 0.3) is 0 Å². The molecule has 0 aliphatic rings. The second kappa shape index (κ2) is 3.89. The number of benzene rings is 1. The van der Waals surface area contributed by atoms with E-state index in [9.17, 15) is 4.79 Å². The van der Waals surface area contributed by atoms with Gasteiger partial charge in [0.1, 0.15) is 0 Å². The summed E-state index contributed by atoms with van der Waals surface area (Å²) >= 11 is 13.2. The summed E-state index contributed by atoms with van der Waals surface area (Å²) in [6, 6.07) is 5.58. The Bertz CT molecular complexity index is 490. The summed E-state index contributed by atoms with van der Waals surface area (Å²) in [5, 5.41) is 1.52. The minimum absolute atomic E-state index is 0.493. The minimum Gasteiger partial charge on any atom is -0.298 e. The Morgan fingerprint density at radius 1 is 1.36 bits per heavy atom. The molecule has 0 amide bonds. The molecule has 0 atom stereocenters. The van der Waals surface area contributed by atoms with Gasteiger partial charge in [-0.1, -0.05) is 11.6 Å². The van der Waals surface area contributed by atoms with E-state index < -0.39 is 0 Å². The highest BCUT2D eigenvalue weighted by atomic mass is 35.5. The number of hydrogen-bond acceptors (Lipinski definition) is 2. The van der Waals surface area contributed by atoms with Crippen molar-refractivity contribution in [3.05, 3.63) is 33.7 Å². The van der Waals surface area contributed by atoms with Crippen molar-refractivity contribution in [1.29, 1.82) is 0 Å². The van der Waals surface area contributed by atoms with E-state index in [4.69, 9.17) is 23.2 Å². The lowest BCUT2D eigenvalue weighted by Gasteiger charge is -1.95. The Hall–Kier alpha value is -0.570. The van der Waals surface area contributed by atoms with E-state index in [1.807, 2.05) is 6.07 Å². The largest absolute Gasteiger partial charge is 0.298 e. The summed E-state index contributed by atoms with van der Waals surface area (Å²) in [5.41, 5.74) is 0.526. The Kier molecular flexibility index (Phi) is 2.77. The molecule has 14 heavy (non-hydrogen) atoms. The fourth-order valence-corrected chi connectivity index (χ4v) is 2.74. The molecule has 72 valence electrons. The first-order chi connectivity index (χ1) is 6.74. The molecule has 1 aromatic heterocycles. The number of hydrogen-bond donors (Lipinski definition) is 0. The van der Waals surface area contributed by atoms with Gasteiger partial charge < -0.3 is 0 Å². The van der Waals surface area contributed by atoms with Crippen molar-refractivity contribution in [3.63, 3.8) is 0 Å². The van der Waals surface area contributed by atoms with Crippen molar-refractivity contribution < 1.29 is 4.79 Å². The zero-order valence-electron chi connectivity index (χ0n) is 7.09. The van der Waals surface area contributed by atoms with Crippen molar-refractivity contribution >= 4 is 50.9 Å². The van der Waals surface area contributed by atoms with Gasteiger partial charge in [0, 0.05) is 15.1 Å². The standard InChI is InChI=1S/C10H6Cl2OS/c11-4-8-2-6-1-7(5-13)9(12)3-10(6)14-8/h1-3,5H,4H2. The predicted octanol–water partition coefficient (Wildman–Crippen LogP) is 4.11. The highest BCUT2D eigenvalue weighted by Crippen LogP contribution is 2.30. The molecule has 0 saturated heterocycles. The number of aldehydes is 1. The van der Waals surface area contributed by atoms with Gasteiger partial charge in [0.2, 0.25) is 0 Å². The minimum atomic E-state index is 0.493. The van der Waals surface area contributed by atoms with Gasteiger partial charge in [0.05, 0.1) is 10.9 Å². The van der Waals surface area contributed by atoms with E-state index in [0.717, 1.165) is 21.2 Å². The Labute approximate surface area is 95.3 Å². The Morgan fingerprint density at radius 2 is 2.14 bits per heavy atom. The molecular formula is C10H6Cl2OS. The fraction of sp³-hybridized carbons (Fsp3) is 0.100. The smallest absolute Gasteiger partial charge is 0.151 e. The third-order valence-electron chi connectivity index (χ3n) is 1.95. The van der Waals surface area contributed by atoms with Crippen LogP contribution in [0.3, 0.4) is 0 Å². The third-order valence-corrected chi connectivity index (χ3v) is 3.82. The SMILES string of the molecule is O=Cc1cc2cc(CCl)sc2cc1Cl. The summed E-state index contributed by atoms with van der Waals surface area (Å²) < 4.78 is 1.07. The van der Waals surface area contributed by atoms with Gasteiger partial charge in [-0.3, -0.25) is 4.79 Å². The van der Waals surface area contributed by atoms with Crippen molar-refractivity contribution in [2.75, 3.05) is 0 Å². The molecule has 0 aliphatic heterocycles. The number of alkyl halides is 1. The molecule has 0 spiro atoms. The van der Waals surface area contributed by atoms with Crippen LogP contribution in [0.25, 0.3) is 10.1 Å². The van der Waals surface area contributed by atoms with Gasteiger partial charge in [-0.25, -0.2) is 0 Å². The number of thiophene rings is 1. The summed E-state index contributed by atoms with van der Waals surface area (Å²) in [7, 11) is 0. The van der Waals surface area contributed by atoms with E-state index in [-0.39, 0.29) is 0 Å². The maximum Gasteiger partial charge on any atom is 0.151 e. The zero-order chi connectivity index (χ0) is 10.1. The number of carbonyl (C=O) groups is 1. The topological polar surface area (TPSA) is 17.1 Å². The number of carbonyl (C=O) groups excluding carboxylic acids is 1. The summed E-state index contributed by atoms with van der Waals surface area (Å²) in [6.45, 7) is 0. The van der Waals surface area contributed by atoms with Crippen LogP contribution < -0.4 is 0 Å². The first-order valence-corrected chi connectivity index (χ1v) is 5.70. The van der Waals surface area contributed by atoms with Crippen LogP contribution in [0.5, 0.6) is 0 Å². The molecule has 0 saturated carbocycles. The van der Waals surface area contributed by atoms with Crippen LogP contribution in [0.4, 0.5) is 0 Å². The lowest BCUT2D eigenvalue weighted by Crippen LogP contribution is -1.79. The molecule has 0 fully saturated rings. The van der Waals surface area contributed by atoms with Crippen molar-refractivity contribution in [1.82, 2.24) is 0 Å². The normalized spacial score (nSPS) is 10.7. The average Bonchev–Trinajstić information content (AvgIpc) is 2.58. The lowest BCUT2D eigenvalue weighted by atomic mass is 10.2. The van der Waals surface area contributed by atoms with Crippen molar-refractivity contribution in [2.24, 2.45) is 0 Å². The Balaban J connectivity index is 2.69. The van der Waals surface area contributed by atoms with Gasteiger partial charge >= 0.3 is 0 Å². The summed E-state index contributed by atoms with van der Waals surface area (Å²) in [5.74, 6) is 0.493. The molecule has 1 aromatic carbocycles. The fourth-order valence-electron chi connectivity index (χ4n) is 1.29. The molecule has 0 aliphatic carbocycles. The van der Waals surface area contributed by atoms with Crippen LogP contribution in [0.1, 0.15) is 15.2 Å². The van der Waals surface area contributed by atoms with E-state index in [2.05, 4.69) is 0 Å². The highest BCUT2D eigenvalue weighted by Gasteiger charge is 2.05. The highest BCUT2D eigenvalue weighted by molar-refractivity contribution is 7.19.